The number of aryl methyl sites for hydroxylation is 2. The minimum absolute atomic E-state index is 0.184. The Kier molecular flexibility index (Phi) is 6.92. The van der Waals surface area contributed by atoms with Crippen molar-refractivity contribution in [3.63, 3.8) is 0 Å². The van der Waals surface area contributed by atoms with Crippen molar-refractivity contribution < 1.29 is 9.53 Å². The molecule has 1 amide bonds. The molecule has 0 aliphatic carbocycles. The summed E-state index contributed by atoms with van der Waals surface area (Å²) >= 11 is 0. The zero-order valence-electron chi connectivity index (χ0n) is 19.9. The number of amides is 1. The van der Waals surface area contributed by atoms with Crippen LogP contribution in [0.1, 0.15) is 35.6 Å². The number of carbonyl (C=O) groups excluding carboxylic acids is 1. The molecule has 0 saturated carbocycles. The van der Waals surface area contributed by atoms with E-state index in [1.807, 2.05) is 48.2 Å². The smallest absolute Gasteiger partial charge is 0.225 e. The number of aromatic nitrogens is 2. The van der Waals surface area contributed by atoms with Crippen LogP contribution in [-0.2, 0) is 11.2 Å². The number of nitrogens with zero attached hydrogens (tertiary/aromatic N) is 4. The van der Waals surface area contributed by atoms with Crippen molar-refractivity contribution in [2.75, 3.05) is 39.2 Å². The number of carbonyl (C=O) groups is 1. The topological polar surface area (TPSA) is 58.6 Å². The lowest BCUT2D eigenvalue weighted by atomic mass is 10.0. The third-order valence-electron chi connectivity index (χ3n) is 6.24. The van der Waals surface area contributed by atoms with Gasteiger partial charge < -0.3 is 14.5 Å². The fraction of sp³-hybridized carbons (Fsp3) is 0.370. The largest absolute Gasteiger partial charge is 0.496 e. The molecule has 0 unspecified atom stereocenters. The van der Waals surface area contributed by atoms with Gasteiger partial charge in [0.2, 0.25) is 11.9 Å². The van der Waals surface area contributed by atoms with Gasteiger partial charge in [0, 0.05) is 45.1 Å². The van der Waals surface area contributed by atoms with Gasteiger partial charge in [0.05, 0.1) is 18.5 Å². The molecule has 0 N–H and O–H groups in total. The predicted octanol–water partition coefficient (Wildman–Crippen LogP) is 4.48. The summed E-state index contributed by atoms with van der Waals surface area (Å²) in [4.78, 5) is 26.4. The van der Waals surface area contributed by atoms with Crippen molar-refractivity contribution >= 4 is 11.9 Å². The van der Waals surface area contributed by atoms with E-state index in [2.05, 4.69) is 37.3 Å². The minimum Gasteiger partial charge on any atom is -0.496 e. The standard InChI is InChI=1S/C27H32N4O2/c1-19-9-11-20(12-10-19)23-17-24(29-27(28-23)30(2)3)22-15-16-31(18-22)26(32)14-13-21-7-5-6-8-25(21)33-4/h5-12,17,22H,13-16,18H2,1-4H3/t22-/m0/s1. The maximum atomic E-state index is 12.9. The Morgan fingerprint density at radius 3 is 2.61 bits per heavy atom. The zero-order valence-corrected chi connectivity index (χ0v) is 19.9. The van der Waals surface area contributed by atoms with Gasteiger partial charge >= 0.3 is 0 Å². The highest BCUT2D eigenvalue weighted by molar-refractivity contribution is 5.77. The van der Waals surface area contributed by atoms with Crippen LogP contribution in [0.15, 0.2) is 54.6 Å². The number of ether oxygens (including phenoxy) is 1. The summed E-state index contributed by atoms with van der Waals surface area (Å²) in [7, 11) is 5.58. The maximum Gasteiger partial charge on any atom is 0.225 e. The Morgan fingerprint density at radius 2 is 1.88 bits per heavy atom. The second-order valence-electron chi connectivity index (χ2n) is 8.88. The van der Waals surface area contributed by atoms with Crippen molar-refractivity contribution in [1.82, 2.24) is 14.9 Å². The first-order valence-electron chi connectivity index (χ1n) is 11.5. The average molecular weight is 445 g/mol. The number of benzene rings is 2. The third kappa shape index (κ3) is 5.33. The molecular formula is C27H32N4O2. The van der Waals surface area contributed by atoms with E-state index in [9.17, 15) is 4.79 Å². The highest BCUT2D eigenvalue weighted by Gasteiger charge is 2.29. The summed E-state index contributed by atoms with van der Waals surface area (Å²) < 4.78 is 5.42. The van der Waals surface area contributed by atoms with Crippen LogP contribution in [0.3, 0.4) is 0 Å². The molecule has 2 aromatic carbocycles. The molecule has 2 heterocycles. The molecule has 0 spiro atoms. The number of rotatable bonds is 7. The van der Waals surface area contributed by atoms with E-state index in [4.69, 9.17) is 14.7 Å². The second-order valence-corrected chi connectivity index (χ2v) is 8.88. The van der Waals surface area contributed by atoms with E-state index in [0.29, 0.717) is 25.3 Å². The number of hydrogen-bond donors (Lipinski definition) is 0. The predicted molar refractivity (Wildman–Crippen MR) is 132 cm³/mol. The number of methoxy groups -OCH3 is 1. The lowest BCUT2D eigenvalue weighted by Gasteiger charge is -2.19. The van der Waals surface area contributed by atoms with Crippen LogP contribution in [0.4, 0.5) is 5.95 Å². The van der Waals surface area contributed by atoms with Crippen molar-refractivity contribution in [3.05, 3.63) is 71.4 Å². The van der Waals surface area contributed by atoms with Crippen molar-refractivity contribution in [3.8, 4) is 17.0 Å². The average Bonchev–Trinajstić information content (AvgIpc) is 3.33. The zero-order chi connectivity index (χ0) is 23.4. The summed E-state index contributed by atoms with van der Waals surface area (Å²) in [6.45, 7) is 3.54. The van der Waals surface area contributed by atoms with E-state index >= 15 is 0 Å². The molecule has 3 aromatic rings. The quantitative estimate of drug-likeness (QED) is 0.538. The highest BCUT2D eigenvalue weighted by atomic mass is 16.5. The molecule has 6 nitrogen and oxygen atoms in total. The van der Waals surface area contributed by atoms with Gasteiger partial charge in [-0.15, -0.1) is 0 Å². The summed E-state index contributed by atoms with van der Waals surface area (Å²) in [5, 5.41) is 0. The van der Waals surface area contributed by atoms with E-state index in [0.717, 1.165) is 41.2 Å². The Morgan fingerprint density at radius 1 is 1.12 bits per heavy atom. The first kappa shape index (κ1) is 22.8. The Bertz CT molecular complexity index is 1110. The van der Waals surface area contributed by atoms with Gasteiger partial charge in [0.1, 0.15) is 5.75 Å². The Balaban J connectivity index is 1.47. The van der Waals surface area contributed by atoms with Gasteiger partial charge in [-0.2, -0.15) is 0 Å². The molecule has 1 saturated heterocycles. The van der Waals surface area contributed by atoms with E-state index in [-0.39, 0.29) is 11.8 Å². The summed E-state index contributed by atoms with van der Waals surface area (Å²) in [6, 6.07) is 18.4. The van der Waals surface area contributed by atoms with E-state index in [1.165, 1.54) is 5.56 Å². The van der Waals surface area contributed by atoms with Crippen LogP contribution in [0.25, 0.3) is 11.3 Å². The van der Waals surface area contributed by atoms with Crippen molar-refractivity contribution in [1.29, 1.82) is 0 Å². The molecule has 6 heteroatoms. The van der Waals surface area contributed by atoms with Crippen molar-refractivity contribution in [2.24, 2.45) is 0 Å². The van der Waals surface area contributed by atoms with Gasteiger partial charge in [0.15, 0.2) is 0 Å². The van der Waals surface area contributed by atoms with Gasteiger partial charge in [-0.05, 0) is 37.5 Å². The van der Waals surface area contributed by atoms with E-state index < -0.39 is 0 Å². The number of para-hydroxylation sites is 1. The molecule has 172 valence electrons. The molecule has 1 aromatic heterocycles. The Hall–Kier alpha value is -3.41. The van der Waals surface area contributed by atoms with Crippen LogP contribution in [0.5, 0.6) is 5.75 Å². The Labute approximate surface area is 196 Å². The lowest BCUT2D eigenvalue weighted by molar-refractivity contribution is -0.130. The SMILES string of the molecule is COc1ccccc1CCC(=O)N1CC[C@H](c2cc(-c3ccc(C)cc3)nc(N(C)C)n2)C1. The molecule has 0 bridgehead atoms. The first-order valence-corrected chi connectivity index (χ1v) is 11.5. The number of anilines is 1. The molecule has 1 aliphatic heterocycles. The molecule has 0 radical (unpaired) electrons. The third-order valence-corrected chi connectivity index (χ3v) is 6.24. The molecule has 1 atom stereocenters. The van der Waals surface area contributed by atoms with Gasteiger partial charge in [-0.3, -0.25) is 4.79 Å². The van der Waals surface area contributed by atoms with Crippen LogP contribution in [0.2, 0.25) is 0 Å². The second kappa shape index (κ2) is 10.0. The fourth-order valence-electron chi connectivity index (χ4n) is 4.27. The molecule has 1 fully saturated rings. The number of hydrogen-bond acceptors (Lipinski definition) is 5. The fourth-order valence-corrected chi connectivity index (χ4v) is 4.27. The van der Waals surface area contributed by atoms with Gasteiger partial charge in [-0.25, -0.2) is 9.97 Å². The molecule has 4 rings (SSSR count). The molecular weight excluding hydrogens is 412 g/mol. The van der Waals surface area contributed by atoms with Gasteiger partial charge in [-0.1, -0.05) is 48.0 Å². The van der Waals surface area contributed by atoms with Crippen LogP contribution >= 0.6 is 0 Å². The highest BCUT2D eigenvalue weighted by Crippen LogP contribution is 2.30. The van der Waals surface area contributed by atoms with Crippen LogP contribution in [0, 0.1) is 6.92 Å². The monoisotopic (exact) mass is 444 g/mol. The summed E-state index contributed by atoms with van der Waals surface area (Å²) in [6.07, 6.45) is 2.08. The van der Waals surface area contributed by atoms with Crippen LogP contribution < -0.4 is 9.64 Å². The summed E-state index contributed by atoms with van der Waals surface area (Å²) in [5.74, 6) is 1.93. The normalized spacial score (nSPS) is 15.5. The minimum atomic E-state index is 0.184. The first-order chi connectivity index (χ1) is 15.9. The van der Waals surface area contributed by atoms with E-state index in [1.54, 1.807) is 7.11 Å². The lowest BCUT2D eigenvalue weighted by Crippen LogP contribution is -2.28. The van der Waals surface area contributed by atoms with Gasteiger partial charge in [0.25, 0.3) is 0 Å². The van der Waals surface area contributed by atoms with Crippen LogP contribution in [-0.4, -0.2) is 55.1 Å². The number of likely N-dealkylation sites (tertiary alicyclic amines) is 1. The molecule has 33 heavy (non-hydrogen) atoms. The molecule has 1 aliphatic rings. The maximum absolute atomic E-state index is 12.9. The summed E-state index contributed by atoms with van der Waals surface area (Å²) in [5.41, 5.74) is 5.29. The van der Waals surface area contributed by atoms with Crippen molar-refractivity contribution in [2.45, 2.75) is 32.1 Å².